The summed E-state index contributed by atoms with van der Waals surface area (Å²) in [5.41, 5.74) is 6.35. The summed E-state index contributed by atoms with van der Waals surface area (Å²) in [5, 5.41) is 3.02. The Kier molecular flexibility index (Phi) is 7.08. The number of carbonyl (C=O) groups excluding carboxylic acids is 1. The summed E-state index contributed by atoms with van der Waals surface area (Å²) in [5.74, 6) is 1.91. The maximum atomic E-state index is 12.4. The number of rotatable bonds is 9. The van der Waals surface area contributed by atoms with Gasteiger partial charge in [-0.2, -0.15) is 0 Å². The van der Waals surface area contributed by atoms with Gasteiger partial charge in [-0.25, -0.2) is 4.98 Å². The molecule has 0 bridgehead atoms. The van der Waals surface area contributed by atoms with Crippen molar-refractivity contribution in [1.29, 1.82) is 0 Å². The van der Waals surface area contributed by atoms with Gasteiger partial charge in [0.05, 0.1) is 17.6 Å². The van der Waals surface area contributed by atoms with E-state index in [2.05, 4.69) is 35.9 Å². The smallest absolute Gasteiger partial charge is 0.251 e. The molecule has 1 amide bonds. The number of hydrogen-bond donors (Lipinski definition) is 1. The molecule has 3 aromatic carbocycles. The second-order valence-electron chi connectivity index (χ2n) is 8.44. The van der Waals surface area contributed by atoms with Crippen molar-refractivity contribution < 1.29 is 9.53 Å². The van der Waals surface area contributed by atoms with Gasteiger partial charge in [-0.15, -0.1) is 0 Å². The van der Waals surface area contributed by atoms with Crippen LogP contribution in [0.1, 0.15) is 39.3 Å². The minimum atomic E-state index is -0.0366. The molecule has 0 unspecified atom stereocenters. The summed E-state index contributed by atoms with van der Waals surface area (Å²) in [4.78, 5) is 17.2. The molecule has 0 saturated heterocycles. The van der Waals surface area contributed by atoms with Gasteiger partial charge >= 0.3 is 0 Å². The number of aryl methyl sites for hydroxylation is 3. The van der Waals surface area contributed by atoms with Crippen molar-refractivity contribution in [3.63, 3.8) is 0 Å². The highest BCUT2D eigenvalue weighted by Crippen LogP contribution is 2.21. The molecule has 0 atom stereocenters. The van der Waals surface area contributed by atoms with Crippen molar-refractivity contribution in [2.75, 3.05) is 13.2 Å². The number of carbonyl (C=O) groups is 1. The molecular formula is C28H31N3O2. The molecule has 0 spiro atoms. The van der Waals surface area contributed by atoms with Gasteiger partial charge in [0.1, 0.15) is 18.2 Å². The first kappa shape index (κ1) is 22.6. The zero-order chi connectivity index (χ0) is 23.2. The third kappa shape index (κ3) is 5.43. The zero-order valence-electron chi connectivity index (χ0n) is 19.6. The Morgan fingerprint density at radius 1 is 0.970 bits per heavy atom. The molecule has 0 aliphatic rings. The second kappa shape index (κ2) is 10.3. The summed E-state index contributed by atoms with van der Waals surface area (Å²) in [6.07, 6.45) is 1.60. The van der Waals surface area contributed by atoms with E-state index in [-0.39, 0.29) is 5.91 Å². The van der Waals surface area contributed by atoms with E-state index in [1.54, 1.807) is 0 Å². The van der Waals surface area contributed by atoms with Gasteiger partial charge in [0, 0.05) is 18.5 Å². The number of fused-ring (bicyclic) bond motifs is 1. The van der Waals surface area contributed by atoms with Crippen LogP contribution in [0, 0.1) is 20.8 Å². The standard InChI is InChI=1S/C28H31N3O2/c1-20-13-15-23(16-14-20)28(32)29-17-7-12-27-30-24-9-4-5-10-25(24)31(27)18-19-33-26-11-6-8-21(2)22(26)3/h4-6,8-11,13-16H,7,12,17-19H2,1-3H3,(H,29,32). The molecule has 5 nitrogen and oxygen atoms in total. The summed E-state index contributed by atoms with van der Waals surface area (Å²) in [6.45, 7) is 8.10. The van der Waals surface area contributed by atoms with Crippen molar-refractivity contribution in [2.24, 2.45) is 0 Å². The lowest BCUT2D eigenvalue weighted by atomic mass is 10.1. The van der Waals surface area contributed by atoms with Crippen LogP contribution in [-0.4, -0.2) is 28.6 Å². The van der Waals surface area contributed by atoms with E-state index in [1.807, 2.05) is 61.5 Å². The highest BCUT2D eigenvalue weighted by atomic mass is 16.5. The number of ether oxygens (including phenoxy) is 1. The van der Waals surface area contributed by atoms with E-state index >= 15 is 0 Å². The van der Waals surface area contributed by atoms with Crippen LogP contribution in [0.2, 0.25) is 0 Å². The maximum Gasteiger partial charge on any atom is 0.251 e. The number of imidazole rings is 1. The molecule has 0 aliphatic heterocycles. The topological polar surface area (TPSA) is 56.2 Å². The highest BCUT2D eigenvalue weighted by Gasteiger charge is 2.11. The van der Waals surface area contributed by atoms with E-state index in [9.17, 15) is 4.79 Å². The van der Waals surface area contributed by atoms with E-state index in [0.717, 1.165) is 47.6 Å². The average Bonchev–Trinajstić information content (AvgIpc) is 3.17. The van der Waals surface area contributed by atoms with Crippen LogP contribution in [0.5, 0.6) is 5.75 Å². The van der Waals surface area contributed by atoms with Crippen LogP contribution in [0.25, 0.3) is 11.0 Å². The van der Waals surface area contributed by atoms with Crippen molar-refractivity contribution in [1.82, 2.24) is 14.9 Å². The number of benzene rings is 3. The molecule has 4 rings (SSSR count). The monoisotopic (exact) mass is 441 g/mol. The van der Waals surface area contributed by atoms with Gasteiger partial charge in [0.25, 0.3) is 5.91 Å². The Balaban J connectivity index is 1.38. The SMILES string of the molecule is Cc1ccc(C(=O)NCCCc2nc3ccccc3n2CCOc2cccc(C)c2C)cc1. The fourth-order valence-electron chi connectivity index (χ4n) is 3.95. The van der Waals surface area contributed by atoms with Crippen LogP contribution in [0.4, 0.5) is 0 Å². The number of hydrogen-bond acceptors (Lipinski definition) is 3. The Bertz CT molecular complexity index is 1240. The van der Waals surface area contributed by atoms with Crippen LogP contribution in [0.15, 0.2) is 66.7 Å². The number of para-hydroxylation sites is 2. The Hall–Kier alpha value is -3.60. The van der Waals surface area contributed by atoms with Crippen LogP contribution in [-0.2, 0) is 13.0 Å². The predicted octanol–water partition coefficient (Wildman–Crippen LogP) is 5.40. The number of nitrogens with zero attached hydrogens (tertiary/aromatic N) is 2. The molecule has 4 aromatic rings. The van der Waals surface area contributed by atoms with E-state index < -0.39 is 0 Å². The van der Waals surface area contributed by atoms with Crippen molar-refractivity contribution >= 4 is 16.9 Å². The van der Waals surface area contributed by atoms with Crippen molar-refractivity contribution in [3.05, 3.63) is 94.8 Å². The van der Waals surface area contributed by atoms with Gasteiger partial charge in [0.2, 0.25) is 0 Å². The van der Waals surface area contributed by atoms with Gasteiger partial charge in [-0.05, 0) is 68.7 Å². The molecule has 170 valence electrons. The third-order valence-corrected chi connectivity index (χ3v) is 6.04. The summed E-state index contributed by atoms with van der Waals surface area (Å²) < 4.78 is 8.34. The molecule has 0 radical (unpaired) electrons. The average molecular weight is 442 g/mol. The van der Waals surface area contributed by atoms with E-state index in [1.165, 1.54) is 11.1 Å². The summed E-state index contributed by atoms with van der Waals surface area (Å²) in [7, 11) is 0. The molecule has 5 heteroatoms. The Labute approximate surface area is 195 Å². The van der Waals surface area contributed by atoms with E-state index in [0.29, 0.717) is 18.7 Å². The molecule has 1 N–H and O–H groups in total. The molecule has 0 saturated carbocycles. The quantitative estimate of drug-likeness (QED) is 0.354. The van der Waals surface area contributed by atoms with Gasteiger partial charge in [-0.3, -0.25) is 4.79 Å². The van der Waals surface area contributed by atoms with Gasteiger partial charge in [0.15, 0.2) is 0 Å². The molecule has 0 fully saturated rings. The predicted molar refractivity (Wildman–Crippen MR) is 133 cm³/mol. The lowest BCUT2D eigenvalue weighted by Crippen LogP contribution is -2.25. The highest BCUT2D eigenvalue weighted by molar-refractivity contribution is 5.94. The largest absolute Gasteiger partial charge is 0.491 e. The fourth-order valence-corrected chi connectivity index (χ4v) is 3.95. The van der Waals surface area contributed by atoms with Crippen LogP contribution >= 0.6 is 0 Å². The normalized spacial score (nSPS) is 11.0. The molecule has 33 heavy (non-hydrogen) atoms. The summed E-state index contributed by atoms with van der Waals surface area (Å²) >= 11 is 0. The first-order valence-electron chi connectivity index (χ1n) is 11.5. The molecule has 1 heterocycles. The third-order valence-electron chi connectivity index (χ3n) is 6.04. The summed E-state index contributed by atoms with van der Waals surface area (Å²) in [6, 6.07) is 22.0. The van der Waals surface area contributed by atoms with Crippen molar-refractivity contribution in [2.45, 2.75) is 40.2 Å². The Morgan fingerprint density at radius 3 is 2.58 bits per heavy atom. The molecular weight excluding hydrogens is 410 g/mol. The van der Waals surface area contributed by atoms with Gasteiger partial charge in [-0.1, -0.05) is 42.0 Å². The lowest BCUT2D eigenvalue weighted by Gasteiger charge is -2.13. The van der Waals surface area contributed by atoms with Gasteiger partial charge < -0.3 is 14.6 Å². The number of nitrogens with one attached hydrogen (secondary N) is 1. The maximum absolute atomic E-state index is 12.4. The first-order chi connectivity index (χ1) is 16.0. The fraction of sp³-hybridized carbons (Fsp3) is 0.286. The second-order valence-corrected chi connectivity index (χ2v) is 8.44. The minimum absolute atomic E-state index is 0.0366. The zero-order valence-corrected chi connectivity index (χ0v) is 19.6. The van der Waals surface area contributed by atoms with Crippen LogP contribution in [0.3, 0.4) is 0 Å². The minimum Gasteiger partial charge on any atom is -0.491 e. The van der Waals surface area contributed by atoms with E-state index in [4.69, 9.17) is 9.72 Å². The van der Waals surface area contributed by atoms with Crippen LogP contribution < -0.4 is 10.1 Å². The Morgan fingerprint density at radius 2 is 1.76 bits per heavy atom. The molecule has 0 aliphatic carbocycles. The molecule has 1 aromatic heterocycles. The lowest BCUT2D eigenvalue weighted by molar-refractivity contribution is 0.0953. The number of amides is 1. The first-order valence-corrected chi connectivity index (χ1v) is 11.5. The number of aromatic nitrogens is 2. The van der Waals surface area contributed by atoms with Crippen molar-refractivity contribution in [3.8, 4) is 5.75 Å².